The van der Waals surface area contributed by atoms with Crippen LogP contribution in [-0.4, -0.2) is 20.9 Å². The molecule has 0 aliphatic carbocycles. The molecule has 0 saturated heterocycles. The summed E-state index contributed by atoms with van der Waals surface area (Å²) < 4.78 is 31.9. The lowest BCUT2D eigenvalue weighted by Gasteiger charge is -2.09. The number of sulfonamides is 1. The zero-order valence-corrected chi connectivity index (χ0v) is 11.9. The largest absolute Gasteiger partial charge is 0.486 e. The van der Waals surface area contributed by atoms with E-state index in [0.717, 1.165) is 0 Å². The molecule has 0 fully saturated rings. The lowest BCUT2D eigenvalue weighted by Crippen LogP contribution is -2.19. The van der Waals surface area contributed by atoms with Crippen LogP contribution < -0.4 is 15.2 Å². The van der Waals surface area contributed by atoms with Crippen molar-refractivity contribution in [3.05, 3.63) is 54.6 Å². The quantitative estimate of drug-likeness (QED) is 0.559. The zero-order chi connectivity index (χ0) is 15.3. The molecule has 0 saturated carbocycles. The second-order valence-electron chi connectivity index (χ2n) is 4.26. The van der Waals surface area contributed by atoms with E-state index in [-0.39, 0.29) is 17.3 Å². The highest BCUT2D eigenvalue weighted by molar-refractivity contribution is 7.92. The molecule has 7 heteroatoms. The molecule has 0 amide bonds. The SMILES string of the molecule is N=C(N)COc1ccc(NS(=O)(=O)c2ccccc2)cc1. The molecule has 2 aromatic carbocycles. The van der Waals surface area contributed by atoms with E-state index in [9.17, 15) is 8.42 Å². The van der Waals surface area contributed by atoms with Gasteiger partial charge in [0.2, 0.25) is 0 Å². The average molecular weight is 305 g/mol. The van der Waals surface area contributed by atoms with Crippen LogP contribution in [0.1, 0.15) is 0 Å². The first-order valence-electron chi connectivity index (χ1n) is 6.11. The van der Waals surface area contributed by atoms with Crippen LogP contribution in [0.2, 0.25) is 0 Å². The topological polar surface area (TPSA) is 105 Å². The minimum Gasteiger partial charge on any atom is -0.486 e. The van der Waals surface area contributed by atoms with Crippen molar-refractivity contribution < 1.29 is 13.2 Å². The molecule has 2 aromatic rings. The van der Waals surface area contributed by atoms with E-state index in [4.69, 9.17) is 15.9 Å². The van der Waals surface area contributed by atoms with Gasteiger partial charge in [0.05, 0.1) is 4.90 Å². The van der Waals surface area contributed by atoms with E-state index in [1.54, 1.807) is 42.5 Å². The van der Waals surface area contributed by atoms with Crippen molar-refractivity contribution in [2.45, 2.75) is 4.90 Å². The maximum absolute atomic E-state index is 12.1. The van der Waals surface area contributed by atoms with Gasteiger partial charge in [-0.15, -0.1) is 0 Å². The van der Waals surface area contributed by atoms with Gasteiger partial charge in [0.25, 0.3) is 10.0 Å². The molecule has 21 heavy (non-hydrogen) atoms. The summed E-state index contributed by atoms with van der Waals surface area (Å²) in [7, 11) is -3.60. The number of amidine groups is 1. The second kappa shape index (κ2) is 6.27. The Labute approximate surface area is 123 Å². The van der Waals surface area contributed by atoms with Gasteiger partial charge in [0.15, 0.2) is 0 Å². The van der Waals surface area contributed by atoms with Gasteiger partial charge < -0.3 is 10.5 Å². The number of ether oxygens (including phenoxy) is 1. The number of nitrogens with two attached hydrogens (primary N) is 1. The van der Waals surface area contributed by atoms with Gasteiger partial charge in [-0.25, -0.2) is 8.42 Å². The van der Waals surface area contributed by atoms with E-state index >= 15 is 0 Å². The Balaban J connectivity index is 2.08. The lowest BCUT2D eigenvalue weighted by molar-refractivity contribution is 0.374. The van der Waals surface area contributed by atoms with Crippen molar-refractivity contribution >= 4 is 21.5 Å². The summed E-state index contributed by atoms with van der Waals surface area (Å²) in [4.78, 5) is 0.196. The standard InChI is InChI=1S/C14H15N3O3S/c15-14(16)10-20-12-8-6-11(7-9-12)17-21(18,19)13-4-2-1-3-5-13/h1-9,17H,10H2,(H3,15,16). The summed E-state index contributed by atoms with van der Waals surface area (Å²) in [5.74, 6) is 0.428. The van der Waals surface area contributed by atoms with Gasteiger partial charge in [0.1, 0.15) is 18.2 Å². The van der Waals surface area contributed by atoms with Crippen molar-refractivity contribution in [1.29, 1.82) is 5.41 Å². The van der Waals surface area contributed by atoms with Crippen LogP contribution in [-0.2, 0) is 10.0 Å². The van der Waals surface area contributed by atoms with Crippen LogP contribution in [0.25, 0.3) is 0 Å². The van der Waals surface area contributed by atoms with Crippen molar-refractivity contribution in [2.75, 3.05) is 11.3 Å². The number of nitrogens with one attached hydrogen (secondary N) is 2. The minimum atomic E-state index is -3.60. The van der Waals surface area contributed by atoms with Crippen LogP contribution in [0.5, 0.6) is 5.75 Å². The first-order valence-corrected chi connectivity index (χ1v) is 7.59. The summed E-state index contributed by atoms with van der Waals surface area (Å²) in [5, 5.41) is 7.06. The van der Waals surface area contributed by atoms with Crippen LogP contribution in [0.4, 0.5) is 5.69 Å². The van der Waals surface area contributed by atoms with Crippen LogP contribution >= 0.6 is 0 Å². The molecule has 0 heterocycles. The molecule has 0 unspecified atom stereocenters. The molecular weight excluding hydrogens is 290 g/mol. The molecule has 110 valence electrons. The van der Waals surface area contributed by atoms with E-state index < -0.39 is 10.0 Å². The molecule has 0 spiro atoms. The van der Waals surface area contributed by atoms with E-state index in [1.165, 1.54) is 12.1 Å². The summed E-state index contributed by atoms with van der Waals surface area (Å²) in [6, 6.07) is 14.5. The van der Waals surface area contributed by atoms with Crippen molar-refractivity contribution in [3.8, 4) is 5.75 Å². The molecular formula is C14H15N3O3S. The fourth-order valence-corrected chi connectivity index (χ4v) is 2.67. The normalized spacial score (nSPS) is 10.9. The summed E-state index contributed by atoms with van der Waals surface area (Å²) in [5.41, 5.74) is 5.61. The van der Waals surface area contributed by atoms with Gasteiger partial charge >= 0.3 is 0 Å². The molecule has 2 rings (SSSR count). The van der Waals surface area contributed by atoms with Crippen molar-refractivity contribution in [2.24, 2.45) is 5.73 Å². The fraction of sp³-hybridized carbons (Fsp3) is 0.0714. The summed E-state index contributed by atoms with van der Waals surface area (Å²) in [6.07, 6.45) is 0. The first-order chi connectivity index (χ1) is 9.97. The van der Waals surface area contributed by atoms with Crippen molar-refractivity contribution in [1.82, 2.24) is 0 Å². The Morgan fingerprint density at radius 3 is 2.29 bits per heavy atom. The van der Waals surface area contributed by atoms with Crippen molar-refractivity contribution in [3.63, 3.8) is 0 Å². The van der Waals surface area contributed by atoms with E-state index in [1.807, 2.05) is 0 Å². The molecule has 0 aliphatic heterocycles. The molecule has 0 atom stereocenters. The number of benzene rings is 2. The van der Waals surface area contributed by atoms with Gasteiger partial charge in [0, 0.05) is 5.69 Å². The number of anilines is 1. The lowest BCUT2D eigenvalue weighted by atomic mass is 10.3. The highest BCUT2D eigenvalue weighted by Crippen LogP contribution is 2.19. The predicted molar refractivity (Wildman–Crippen MR) is 81.1 cm³/mol. The highest BCUT2D eigenvalue weighted by Gasteiger charge is 2.13. The maximum atomic E-state index is 12.1. The summed E-state index contributed by atoms with van der Waals surface area (Å²) in [6.45, 7) is -0.00487. The van der Waals surface area contributed by atoms with Gasteiger partial charge in [-0.1, -0.05) is 18.2 Å². The smallest absolute Gasteiger partial charge is 0.261 e. The van der Waals surface area contributed by atoms with E-state index in [2.05, 4.69) is 4.72 Å². The second-order valence-corrected chi connectivity index (χ2v) is 5.94. The summed E-state index contributed by atoms with van der Waals surface area (Å²) >= 11 is 0. The number of hydrogen-bond acceptors (Lipinski definition) is 4. The highest BCUT2D eigenvalue weighted by atomic mass is 32.2. The third-order valence-corrected chi connectivity index (χ3v) is 3.95. The Morgan fingerprint density at radius 1 is 1.10 bits per heavy atom. The Kier molecular flexibility index (Phi) is 4.44. The molecule has 0 bridgehead atoms. The molecule has 0 aromatic heterocycles. The molecule has 0 aliphatic rings. The number of hydrogen-bond donors (Lipinski definition) is 3. The third kappa shape index (κ3) is 4.22. The predicted octanol–water partition coefficient (Wildman–Crippen LogP) is 1.80. The zero-order valence-electron chi connectivity index (χ0n) is 11.1. The fourth-order valence-electron chi connectivity index (χ4n) is 1.59. The monoisotopic (exact) mass is 305 g/mol. The average Bonchev–Trinajstić information content (AvgIpc) is 2.47. The Hall–Kier alpha value is -2.54. The molecule has 0 radical (unpaired) electrons. The minimum absolute atomic E-state index is 0.00487. The first kappa shape index (κ1) is 14.9. The van der Waals surface area contributed by atoms with Gasteiger partial charge in [-0.3, -0.25) is 10.1 Å². The van der Waals surface area contributed by atoms with E-state index in [0.29, 0.717) is 11.4 Å². The molecule has 6 nitrogen and oxygen atoms in total. The Bertz CT molecular complexity index is 713. The number of rotatable bonds is 6. The van der Waals surface area contributed by atoms with Crippen LogP contribution in [0, 0.1) is 5.41 Å². The van der Waals surface area contributed by atoms with Crippen LogP contribution in [0.15, 0.2) is 59.5 Å². The molecule has 4 N–H and O–H groups in total. The third-order valence-electron chi connectivity index (χ3n) is 2.55. The maximum Gasteiger partial charge on any atom is 0.261 e. The van der Waals surface area contributed by atoms with Gasteiger partial charge in [-0.05, 0) is 36.4 Å². The Morgan fingerprint density at radius 2 is 1.71 bits per heavy atom. The van der Waals surface area contributed by atoms with Gasteiger partial charge in [-0.2, -0.15) is 0 Å². The van der Waals surface area contributed by atoms with Crippen LogP contribution in [0.3, 0.4) is 0 Å².